The Morgan fingerprint density at radius 3 is 2.68 bits per heavy atom. The van der Waals surface area contributed by atoms with E-state index in [9.17, 15) is 0 Å². The van der Waals surface area contributed by atoms with Gasteiger partial charge in [0.2, 0.25) is 0 Å². The molecule has 1 aromatic rings. The summed E-state index contributed by atoms with van der Waals surface area (Å²) >= 11 is 0. The van der Waals surface area contributed by atoms with Gasteiger partial charge in [-0.05, 0) is 51.1 Å². The number of likely N-dealkylation sites (tertiary alicyclic amines) is 1. The molecule has 2 nitrogen and oxygen atoms in total. The van der Waals surface area contributed by atoms with Crippen molar-refractivity contribution in [1.29, 1.82) is 0 Å². The normalized spacial score (nSPS) is 34.2. The lowest BCUT2D eigenvalue weighted by atomic mass is 9.77. The fourth-order valence-electron chi connectivity index (χ4n) is 4.33. The van der Waals surface area contributed by atoms with Crippen LogP contribution in [0.5, 0.6) is 0 Å². The summed E-state index contributed by atoms with van der Waals surface area (Å²) in [6, 6.07) is 11.6. The molecule has 2 heterocycles. The van der Waals surface area contributed by atoms with Crippen LogP contribution in [0.25, 0.3) is 0 Å². The average Bonchev–Trinajstić information content (AvgIpc) is 2.62. The molecule has 104 valence electrons. The SMILES string of the molecule is CC1C2CCNCC2C(C)(C)N1Cc1ccccc1. The Kier molecular flexibility index (Phi) is 3.40. The van der Waals surface area contributed by atoms with E-state index in [1.807, 2.05) is 0 Å². The maximum atomic E-state index is 3.59. The molecule has 0 aliphatic carbocycles. The van der Waals surface area contributed by atoms with Crippen LogP contribution in [0.15, 0.2) is 30.3 Å². The molecule has 0 amide bonds. The number of piperidine rings is 1. The summed E-state index contributed by atoms with van der Waals surface area (Å²) in [6.07, 6.45) is 1.33. The van der Waals surface area contributed by atoms with Crippen molar-refractivity contribution < 1.29 is 0 Å². The van der Waals surface area contributed by atoms with E-state index < -0.39 is 0 Å². The van der Waals surface area contributed by atoms with Crippen molar-refractivity contribution in [3.63, 3.8) is 0 Å². The van der Waals surface area contributed by atoms with E-state index in [4.69, 9.17) is 0 Å². The fourth-order valence-corrected chi connectivity index (χ4v) is 4.33. The predicted octanol–water partition coefficient (Wildman–Crippen LogP) is 2.90. The van der Waals surface area contributed by atoms with Crippen molar-refractivity contribution in [2.75, 3.05) is 13.1 Å². The molecular formula is C17H26N2. The molecule has 0 aromatic heterocycles. The third-order valence-corrected chi connectivity index (χ3v) is 5.49. The highest BCUT2D eigenvalue weighted by Crippen LogP contribution is 2.46. The zero-order valence-electron chi connectivity index (χ0n) is 12.4. The third kappa shape index (κ3) is 2.21. The van der Waals surface area contributed by atoms with Crippen LogP contribution in [-0.4, -0.2) is 29.6 Å². The van der Waals surface area contributed by atoms with Crippen LogP contribution < -0.4 is 5.32 Å². The van der Waals surface area contributed by atoms with Gasteiger partial charge in [0.25, 0.3) is 0 Å². The van der Waals surface area contributed by atoms with E-state index in [1.54, 1.807) is 0 Å². The molecule has 1 aromatic carbocycles. The quantitative estimate of drug-likeness (QED) is 0.877. The second-order valence-electron chi connectivity index (χ2n) is 6.77. The molecular weight excluding hydrogens is 232 g/mol. The van der Waals surface area contributed by atoms with Gasteiger partial charge in [0.05, 0.1) is 0 Å². The first-order valence-electron chi connectivity index (χ1n) is 7.62. The van der Waals surface area contributed by atoms with E-state index >= 15 is 0 Å². The van der Waals surface area contributed by atoms with Gasteiger partial charge in [-0.2, -0.15) is 0 Å². The number of benzene rings is 1. The van der Waals surface area contributed by atoms with Gasteiger partial charge < -0.3 is 5.32 Å². The van der Waals surface area contributed by atoms with E-state index in [0.29, 0.717) is 11.6 Å². The topological polar surface area (TPSA) is 15.3 Å². The fraction of sp³-hybridized carbons (Fsp3) is 0.647. The predicted molar refractivity (Wildman–Crippen MR) is 80.0 cm³/mol. The van der Waals surface area contributed by atoms with Crippen LogP contribution in [0.3, 0.4) is 0 Å². The first-order chi connectivity index (χ1) is 9.10. The average molecular weight is 258 g/mol. The Morgan fingerprint density at radius 1 is 1.26 bits per heavy atom. The highest BCUT2D eigenvalue weighted by atomic mass is 15.3. The van der Waals surface area contributed by atoms with Gasteiger partial charge in [-0.25, -0.2) is 0 Å². The zero-order chi connectivity index (χ0) is 13.5. The lowest BCUT2D eigenvalue weighted by molar-refractivity contribution is 0.103. The minimum Gasteiger partial charge on any atom is -0.316 e. The van der Waals surface area contributed by atoms with Gasteiger partial charge in [0, 0.05) is 24.7 Å². The largest absolute Gasteiger partial charge is 0.316 e. The monoisotopic (exact) mass is 258 g/mol. The second-order valence-corrected chi connectivity index (χ2v) is 6.77. The molecule has 3 rings (SSSR count). The summed E-state index contributed by atoms with van der Waals surface area (Å²) in [5.74, 6) is 1.65. The maximum Gasteiger partial charge on any atom is 0.0242 e. The van der Waals surface area contributed by atoms with Gasteiger partial charge in [-0.3, -0.25) is 4.90 Å². The van der Waals surface area contributed by atoms with Crippen molar-refractivity contribution in [3.05, 3.63) is 35.9 Å². The van der Waals surface area contributed by atoms with Crippen LogP contribution in [0.1, 0.15) is 32.8 Å². The van der Waals surface area contributed by atoms with E-state index in [-0.39, 0.29) is 0 Å². The summed E-state index contributed by atoms with van der Waals surface area (Å²) in [6.45, 7) is 10.8. The molecule has 2 heteroatoms. The Hall–Kier alpha value is -0.860. The van der Waals surface area contributed by atoms with E-state index in [0.717, 1.165) is 18.4 Å². The third-order valence-electron chi connectivity index (χ3n) is 5.49. The number of fused-ring (bicyclic) bond motifs is 1. The summed E-state index contributed by atoms with van der Waals surface area (Å²) in [7, 11) is 0. The molecule has 3 unspecified atom stereocenters. The summed E-state index contributed by atoms with van der Waals surface area (Å²) in [5.41, 5.74) is 1.74. The summed E-state index contributed by atoms with van der Waals surface area (Å²) < 4.78 is 0. The number of nitrogens with one attached hydrogen (secondary N) is 1. The van der Waals surface area contributed by atoms with E-state index in [2.05, 4.69) is 61.3 Å². The molecule has 2 saturated heterocycles. The van der Waals surface area contributed by atoms with Crippen molar-refractivity contribution in [2.45, 2.75) is 45.3 Å². The molecule has 0 bridgehead atoms. The van der Waals surface area contributed by atoms with Crippen molar-refractivity contribution in [2.24, 2.45) is 11.8 Å². The maximum absolute atomic E-state index is 3.59. The number of rotatable bonds is 2. The van der Waals surface area contributed by atoms with Gasteiger partial charge in [0.15, 0.2) is 0 Å². The Bertz CT molecular complexity index is 426. The molecule has 0 spiro atoms. The van der Waals surface area contributed by atoms with Crippen molar-refractivity contribution in [1.82, 2.24) is 10.2 Å². The highest BCUT2D eigenvalue weighted by molar-refractivity contribution is 5.17. The molecule has 2 aliphatic rings. The zero-order valence-corrected chi connectivity index (χ0v) is 12.4. The Balaban J connectivity index is 1.84. The molecule has 0 radical (unpaired) electrons. The number of hydrogen-bond donors (Lipinski definition) is 1. The summed E-state index contributed by atoms with van der Waals surface area (Å²) in [5, 5.41) is 3.59. The molecule has 19 heavy (non-hydrogen) atoms. The van der Waals surface area contributed by atoms with Crippen molar-refractivity contribution in [3.8, 4) is 0 Å². The molecule has 3 atom stereocenters. The van der Waals surface area contributed by atoms with Crippen LogP contribution in [0.4, 0.5) is 0 Å². The standard InChI is InChI=1S/C17H26N2/c1-13-15-9-10-18-11-16(15)17(2,3)19(13)12-14-7-5-4-6-8-14/h4-8,13,15-16,18H,9-12H2,1-3H3. The molecule has 2 fully saturated rings. The van der Waals surface area contributed by atoms with Crippen molar-refractivity contribution >= 4 is 0 Å². The second kappa shape index (κ2) is 4.92. The Labute approximate surface area is 117 Å². The van der Waals surface area contributed by atoms with Crippen LogP contribution >= 0.6 is 0 Å². The van der Waals surface area contributed by atoms with Crippen LogP contribution in [0, 0.1) is 11.8 Å². The number of nitrogens with zero attached hydrogens (tertiary/aromatic N) is 1. The number of hydrogen-bond acceptors (Lipinski definition) is 2. The van der Waals surface area contributed by atoms with E-state index in [1.165, 1.54) is 25.1 Å². The highest BCUT2D eigenvalue weighted by Gasteiger charge is 2.51. The first-order valence-corrected chi connectivity index (χ1v) is 7.62. The molecule has 2 aliphatic heterocycles. The van der Waals surface area contributed by atoms with Gasteiger partial charge in [-0.1, -0.05) is 30.3 Å². The van der Waals surface area contributed by atoms with Gasteiger partial charge in [0.1, 0.15) is 0 Å². The van der Waals surface area contributed by atoms with Crippen LogP contribution in [-0.2, 0) is 6.54 Å². The lowest BCUT2D eigenvalue weighted by Crippen LogP contribution is -2.47. The minimum absolute atomic E-state index is 0.299. The summed E-state index contributed by atoms with van der Waals surface area (Å²) in [4.78, 5) is 2.73. The minimum atomic E-state index is 0.299. The smallest absolute Gasteiger partial charge is 0.0242 e. The lowest BCUT2D eigenvalue weighted by Gasteiger charge is -2.38. The molecule has 0 saturated carbocycles. The van der Waals surface area contributed by atoms with Gasteiger partial charge >= 0.3 is 0 Å². The van der Waals surface area contributed by atoms with Gasteiger partial charge in [-0.15, -0.1) is 0 Å². The molecule has 1 N–H and O–H groups in total. The first kappa shape index (κ1) is 13.1. The Morgan fingerprint density at radius 2 is 2.00 bits per heavy atom. The van der Waals surface area contributed by atoms with Crippen LogP contribution in [0.2, 0.25) is 0 Å².